The van der Waals surface area contributed by atoms with E-state index in [1.807, 2.05) is 0 Å². The molecule has 3 atom stereocenters. The molecule has 2 heterocycles. The first-order valence-corrected chi connectivity index (χ1v) is 6.94. The normalized spacial score (nSPS) is 31.2. The first kappa shape index (κ1) is 15.1. The summed E-state index contributed by atoms with van der Waals surface area (Å²) in [7, 11) is 1.66. The molecule has 0 saturated carbocycles. The van der Waals surface area contributed by atoms with Gasteiger partial charge in [0.1, 0.15) is 0 Å². The number of rotatable bonds is 2. The third kappa shape index (κ3) is 3.21. The molecule has 0 aromatic carbocycles. The van der Waals surface area contributed by atoms with Crippen molar-refractivity contribution in [1.82, 2.24) is 9.80 Å². The second-order valence-corrected chi connectivity index (χ2v) is 5.41. The lowest BCUT2D eigenvalue weighted by atomic mass is 9.96. The van der Waals surface area contributed by atoms with Crippen LogP contribution in [0.2, 0.25) is 0 Å². The van der Waals surface area contributed by atoms with Crippen LogP contribution in [0.1, 0.15) is 13.3 Å². The highest BCUT2D eigenvalue weighted by molar-refractivity contribution is 5.77. The van der Waals surface area contributed by atoms with Crippen molar-refractivity contribution in [2.24, 2.45) is 5.92 Å². The lowest BCUT2D eigenvalue weighted by molar-refractivity contribution is -0.154. The van der Waals surface area contributed by atoms with Crippen molar-refractivity contribution in [3.05, 3.63) is 0 Å². The number of likely N-dealkylation sites (tertiary alicyclic amines) is 1. The minimum absolute atomic E-state index is 0.0454. The topological polar surface area (TPSA) is 79.3 Å². The van der Waals surface area contributed by atoms with E-state index in [-0.39, 0.29) is 25.3 Å². The highest BCUT2D eigenvalue weighted by Gasteiger charge is 2.34. The number of carbonyl (C=O) groups excluding carboxylic acids is 1. The zero-order valence-corrected chi connectivity index (χ0v) is 11.9. The van der Waals surface area contributed by atoms with E-state index >= 15 is 0 Å². The second-order valence-electron chi connectivity index (χ2n) is 5.41. The van der Waals surface area contributed by atoms with Crippen LogP contribution < -0.4 is 0 Å². The number of hydrogen-bond acceptors (Lipinski definition) is 4. The van der Waals surface area contributed by atoms with Crippen LogP contribution >= 0.6 is 0 Å². The van der Waals surface area contributed by atoms with Gasteiger partial charge in [0.2, 0.25) is 0 Å². The smallest absolute Gasteiger partial charge is 0.334 e. The molecule has 0 aliphatic carbocycles. The van der Waals surface area contributed by atoms with Gasteiger partial charge in [0, 0.05) is 26.7 Å². The summed E-state index contributed by atoms with van der Waals surface area (Å²) in [5.41, 5.74) is 0. The Labute approximate surface area is 118 Å². The number of carbonyl (C=O) groups is 2. The van der Waals surface area contributed by atoms with Gasteiger partial charge in [0.05, 0.1) is 19.3 Å². The molecule has 2 aliphatic heterocycles. The maximum atomic E-state index is 12.4. The Balaban J connectivity index is 1.95. The van der Waals surface area contributed by atoms with Gasteiger partial charge < -0.3 is 24.4 Å². The van der Waals surface area contributed by atoms with Crippen LogP contribution in [0.4, 0.5) is 4.79 Å². The summed E-state index contributed by atoms with van der Waals surface area (Å²) in [6.07, 6.45) is 0.0235. The van der Waals surface area contributed by atoms with Crippen molar-refractivity contribution in [2.45, 2.75) is 25.6 Å². The lowest BCUT2D eigenvalue weighted by Gasteiger charge is -2.40. The van der Waals surface area contributed by atoms with Gasteiger partial charge in [0.15, 0.2) is 6.10 Å². The fourth-order valence-corrected chi connectivity index (χ4v) is 2.69. The summed E-state index contributed by atoms with van der Waals surface area (Å²) < 4.78 is 10.5. The number of hydrogen-bond donors (Lipinski definition) is 1. The number of amides is 2. The molecular weight excluding hydrogens is 264 g/mol. The Hall–Kier alpha value is -1.34. The fourth-order valence-electron chi connectivity index (χ4n) is 2.69. The van der Waals surface area contributed by atoms with E-state index < -0.39 is 12.1 Å². The SMILES string of the molecule is COC1CN(C(=O)N2CCOC(C(=O)O)C2)CCC1C. The third-order valence-corrected chi connectivity index (χ3v) is 4.08. The summed E-state index contributed by atoms with van der Waals surface area (Å²) in [5.74, 6) is -0.593. The molecule has 2 rings (SSSR count). The maximum Gasteiger partial charge on any atom is 0.334 e. The van der Waals surface area contributed by atoms with Gasteiger partial charge in [-0.15, -0.1) is 0 Å². The van der Waals surface area contributed by atoms with Crippen molar-refractivity contribution < 1.29 is 24.2 Å². The van der Waals surface area contributed by atoms with Crippen LogP contribution in [-0.4, -0.2) is 79.0 Å². The molecule has 7 heteroatoms. The van der Waals surface area contributed by atoms with Crippen LogP contribution in [0, 0.1) is 5.92 Å². The molecule has 0 aromatic heterocycles. The first-order chi connectivity index (χ1) is 9.52. The lowest BCUT2D eigenvalue weighted by Crippen LogP contribution is -2.56. The maximum absolute atomic E-state index is 12.4. The summed E-state index contributed by atoms with van der Waals surface area (Å²) in [6.45, 7) is 4.18. The van der Waals surface area contributed by atoms with Gasteiger partial charge in [-0.05, 0) is 12.3 Å². The number of ether oxygens (including phenoxy) is 2. The van der Waals surface area contributed by atoms with E-state index in [1.165, 1.54) is 0 Å². The largest absolute Gasteiger partial charge is 0.479 e. The van der Waals surface area contributed by atoms with E-state index in [1.54, 1.807) is 16.9 Å². The Morgan fingerprint density at radius 1 is 1.25 bits per heavy atom. The minimum atomic E-state index is -1.02. The Morgan fingerprint density at radius 2 is 1.95 bits per heavy atom. The zero-order chi connectivity index (χ0) is 14.7. The van der Waals surface area contributed by atoms with Crippen LogP contribution in [0.5, 0.6) is 0 Å². The summed E-state index contributed by atoms with van der Waals surface area (Å²) >= 11 is 0. The number of piperidine rings is 1. The van der Waals surface area contributed by atoms with Crippen LogP contribution in [0.25, 0.3) is 0 Å². The molecule has 2 amide bonds. The second kappa shape index (κ2) is 6.41. The molecule has 2 fully saturated rings. The number of carboxylic acid groups (broad SMARTS) is 1. The van der Waals surface area contributed by atoms with E-state index in [0.717, 1.165) is 6.42 Å². The molecule has 0 spiro atoms. The molecule has 0 bridgehead atoms. The van der Waals surface area contributed by atoms with Crippen molar-refractivity contribution in [3.8, 4) is 0 Å². The van der Waals surface area contributed by atoms with E-state index in [0.29, 0.717) is 25.6 Å². The molecule has 2 saturated heterocycles. The number of urea groups is 1. The summed E-state index contributed by atoms with van der Waals surface area (Å²) in [5, 5.41) is 8.97. The first-order valence-electron chi connectivity index (χ1n) is 6.94. The van der Waals surface area contributed by atoms with Crippen molar-refractivity contribution in [2.75, 3.05) is 39.9 Å². The van der Waals surface area contributed by atoms with Crippen molar-refractivity contribution in [1.29, 1.82) is 0 Å². The Kier molecular flexibility index (Phi) is 4.82. The number of nitrogens with zero attached hydrogens (tertiary/aromatic N) is 2. The zero-order valence-electron chi connectivity index (χ0n) is 11.9. The van der Waals surface area contributed by atoms with Gasteiger partial charge in [-0.1, -0.05) is 6.92 Å². The summed E-state index contributed by atoms with van der Waals surface area (Å²) in [6, 6.07) is -0.117. The Bertz CT molecular complexity index is 376. The molecule has 114 valence electrons. The Morgan fingerprint density at radius 3 is 2.60 bits per heavy atom. The van der Waals surface area contributed by atoms with E-state index in [4.69, 9.17) is 14.6 Å². The highest BCUT2D eigenvalue weighted by Crippen LogP contribution is 2.21. The fraction of sp³-hybridized carbons (Fsp3) is 0.846. The molecule has 20 heavy (non-hydrogen) atoms. The minimum Gasteiger partial charge on any atom is -0.479 e. The van der Waals surface area contributed by atoms with Gasteiger partial charge in [-0.3, -0.25) is 0 Å². The number of carboxylic acids is 1. The van der Waals surface area contributed by atoms with Crippen LogP contribution in [0.15, 0.2) is 0 Å². The molecular formula is C13H22N2O5. The van der Waals surface area contributed by atoms with Gasteiger partial charge >= 0.3 is 12.0 Å². The third-order valence-electron chi connectivity index (χ3n) is 4.08. The summed E-state index contributed by atoms with van der Waals surface area (Å²) in [4.78, 5) is 26.7. The number of aliphatic carboxylic acids is 1. The van der Waals surface area contributed by atoms with Crippen LogP contribution in [-0.2, 0) is 14.3 Å². The number of methoxy groups -OCH3 is 1. The van der Waals surface area contributed by atoms with Crippen molar-refractivity contribution >= 4 is 12.0 Å². The van der Waals surface area contributed by atoms with Gasteiger partial charge in [-0.2, -0.15) is 0 Å². The quantitative estimate of drug-likeness (QED) is 0.787. The monoisotopic (exact) mass is 286 g/mol. The van der Waals surface area contributed by atoms with E-state index in [2.05, 4.69) is 6.92 Å². The molecule has 0 aromatic rings. The molecule has 0 radical (unpaired) electrons. The average Bonchev–Trinajstić information content (AvgIpc) is 2.47. The predicted octanol–water partition coefficient (Wildman–Crippen LogP) is 0.249. The van der Waals surface area contributed by atoms with Crippen LogP contribution in [0.3, 0.4) is 0 Å². The van der Waals surface area contributed by atoms with Gasteiger partial charge in [-0.25, -0.2) is 9.59 Å². The standard InChI is InChI=1S/C13H22N2O5/c1-9-3-4-14(7-10(9)19-2)13(18)15-5-6-20-11(8-15)12(16)17/h9-11H,3-8H2,1-2H3,(H,16,17). The highest BCUT2D eigenvalue weighted by atomic mass is 16.5. The molecule has 2 aliphatic rings. The van der Waals surface area contributed by atoms with Gasteiger partial charge in [0.25, 0.3) is 0 Å². The molecule has 3 unspecified atom stereocenters. The molecule has 7 nitrogen and oxygen atoms in total. The number of morpholine rings is 1. The van der Waals surface area contributed by atoms with Crippen molar-refractivity contribution in [3.63, 3.8) is 0 Å². The van der Waals surface area contributed by atoms with E-state index in [9.17, 15) is 9.59 Å². The predicted molar refractivity (Wildman–Crippen MR) is 70.5 cm³/mol. The molecule has 1 N–H and O–H groups in total. The average molecular weight is 286 g/mol.